The van der Waals surface area contributed by atoms with Crippen LogP contribution < -0.4 is 4.90 Å². The standard InChI is InChI=1S/C24H23ClN2O4S/c1-17-8-11-20(12-9-17)32(29,30)27-15-23(28)26(16-31-2)22-13-10-19(25)14-21(22)24(27)18-6-4-3-5-7-18/h3-14,24H,15-16H2,1-2H3. The van der Waals surface area contributed by atoms with E-state index in [2.05, 4.69) is 0 Å². The Balaban J connectivity index is 1.98. The van der Waals surface area contributed by atoms with Crippen molar-refractivity contribution in [3.8, 4) is 0 Å². The molecule has 1 aliphatic rings. The number of benzene rings is 3. The van der Waals surface area contributed by atoms with E-state index < -0.39 is 16.1 Å². The van der Waals surface area contributed by atoms with E-state index >= 15 is 0 Å². The number of nitrogens with zero attached hydrogens (tertiary/aromatic N) is 2. The lowest BCUT2D eigenvalue weighted by Gasteiger charge is -2.29. The van der Waals surface area contributed by atoms with E-state index in [1.54, 1.807) is 42.5 Å². The van der Waals surface area contributed by atoms with Crippen LogP contribution in [0.5, 0.6) is 0 Å². The van der Waals surface area contributed by atoms with Gasteiger partial charge in [-0.15, -0.1) is 0 Å². The molecule has 1 atom stereocenters. The molecular formula is C24H23ClN2O4S. The molecule has 32 heavy (non-hydrogen) atoms. The molecule has 0 saturated carbocycles. The fourth-order valence-electron chi connectivity index (χ4n) is 3.91. The molecule has 0 saturated heterocycles. The number of carbonyl (C=O) groups excluding carboxylic acids is 1. The van der Waals surface area contributed by atoms with Gasteiger partial charge < -0.3 is 4.74 Å². The van der Waals surface area contributed by atoms with Gasteiger partial charge >= 0.3 is 0 Å². The number of ether oxygens (including phenoxy) is 1. The Kier molecular flexibility index (Phi) is 6.35. The molecule has 3 aromatic carbocycles. The predicted molar refractivity (Wildman–Crippen MR) is 124 cm³/mol. The Bertz CT molecular complexity index is 1230. The number of fused-ring (bicyclic) bond motifs is 1. The Morgan fingerprint density at radius 2 is 1.72 bits per heavy atom. The molecular weight excluding hydrogens is 448 g/mol. The smallest absolute Gasteiger partial charge is 0.244 e. The van der Waals surface area contributed by atoms with Crippen molar-refractivity contribution in [2.24, 2.45) is 0 Å². The minimum Gasteiger partial charge on any atom is -0.364 e. The number of rotatable bonds is 5. The van der Waals surface area contributed by atoms with Crippen molar-refractivity contribution in [2.75, 3.05) is 25.3 Å². The topological polar surface area (TPSA) is 66.9 Å². The molecule has 8 heteroatoms. The number of amides is 1. The SMILES string of the molecule is COCN1C(=O)CN(S(=O)(=O)c2ccc(C)cc2)C(c2ccccc2)c2cc(Cl)ccc21. The lowest BCUT2D eigenvalue weighted by atomic mass is 9.97. The summed E-state index contributed by atoms with van der Waals surface area (Å²) in [6.45, 7) is 1.54. The highest BCUT2D eigenvalue weighted by Gasteiger charge is 2.41. The molecule has 0 spiro atoms. The zero-order valence-corrected chi connectivity index (χ0v) is 19.3. The highest BCUT2D eigenvalue weighted by atomic mass is 35.5. The van der Waals surface area contributed by atoms with Crippen molar-refractivity contribution in [3.05, 3.63) is 94.5 Å². The zero-order chi connectivity index (χ0) is 22.9. The van der Waals surface area contributed by atoms with E-state index in [4.69, 9.17) is 16.3 Å². The number of methoxy groups -OCH3 is 1. The van der Waals surface area contributed by atoms with Crippen molar-refractivity contribution in [3.63, 3.8) is 0 Å². The zero-order valence-electron chi connectivity index (χ0n) is 17.7. The summed E-state index contributed by atoms with van der Waals surface area (Å²) in [5, 5.41) is 0.448. The van der Waals surface area contributed by atoms with E-state index in [1.807, 2.05) is 37.3 Å². The van der Waals surface area contributed by atoms with Crippen LogP contribution in [-0.2, 0) is 19.6 Å². The quantitative estimate of drug-likeness (QED) is 0.555. The molecule has 0 N–H and O–H groups in total. The van der Waals surface area contributed by atoms with Gasteiger partial charge in [-0.25, -0.2) is 8.42 Å². The first-order valence-corrected chi connectivity index (χ1v) is 11.9. The van der Waals surface area contributed by atoms with Crippen molar-refractivity contribution < 1.29 is 17.9 Å². The predicted octanol–water partition coefficient (Wildman–Crippen LogP) is 4.38. The van der Waals surface area contributed by atoms with Gasteiger partial charge in [0.2, 0.25) is 15.9 Å². The molecule has 4 rings (SSSR count). The lowest BCUT2D eigenvalue weighted by Crippen LogP contribution is -2.42. The van der Waals surface area contributed by atoms with Crippen LogP contribution in [0.4, 0.5) is 5.69 Å². The first kappa shape index (κ1) is 22.5. The van der Waals surface area contributed by atoms with Gasteiger partial charge in [-0.3, -0.25) is 9.69 Å². The maximum atomic E-state index is 13.8. The molecule has 3 aromatic rings. The van der Waals surface area contributed by atoms with Gasteiger partial charge in [0.15, 0.2) is 0 Å². The number of sulfonamides is 1. The number of hydrogen-bond donors (Lipinski definition) is 0. The molecule has 0 aliphatic carbocycles. The van der Waals surface area contributed by atoms with Gasteiger partial charge in [0, 0.05) is 17.7 Å². The summed E-state index contributed by atoms with van der Waals surface area (Å²) in [7, 11) is -2.54. The molecule has 166 valence electrons. The van der Waals surface area contributed by atoms with E-state index in [1.165, 1.54) is 16.3 Å². The van der Waals surface area contributed by atoms with E-state index in [0.717, 1.165) is 11.1 Å². The summed E-state index contributed by atoms with van der Waals surface area (Å²) in [5.74, 6) is -0.385. The maximum Gasteiger partial charge on any atom is 0.244 e. The second-order valence-corrected chi connectivity index (χ2v) is 9.95. The van der Waals surface area contributed by atoms with Crippen LogP contribution in [0.3, 0.4) is 0 Å². The normalized spacial score (nSPS) is 17.2. The fourth-order valence-corrected chi connectivity index (χ4v) is 5.64. The highest BCUT2D eigenvalue weighted by Crippen LogP contribution is 2.41. The van der Waals surface area contributed by atoms with Gasteiger partial charge in [0.05, 0.1) is 23.2 Å². The minimum absolute atomic E-state index is 0.00655. The molecule has 0 aromatic heterocycles. The van der Waals surface area contributed by atoms with Crippen LogP contribution in [-0.4, -0.2) is 39.0 Å². The summed E-state index contributed by atoms with van der Waals surface area (Å²) >= 11 is 6.34. The second kappa shape index (κ2) is 9.03. The highest BCUT2D eigenvalue weighted by molar-refractivity contribution is 7.89. The molecule has 6 nitrogen and oxygen atoms in total. The number of aryl methyl sites for hydroxylation is 1. The Hall–Kier alpha value is -2.71. The third-order valence-electron chi connectivity index (χ3n) is 5.46. The third kappa shape index (κ3) is 4.17. The fraction of sp³-hybridized carbons (Fsp3) is 0.208. The largest absolute Gasteiger partial charge is 0.364 e. The monoisotopic (exact) mass is 470 g/mol. The molecule has 1 unspecified atom stereocenters. The average Bonchev–Trinajstić information content (AvgIpc) is 2.90. The molecule has 1 amide bonds. The van der Waals surface area contributed by atoms with Gasteiger partial charge in [0.25, 0.3) is 0 Å². The van der Waals surface area contributed by atoms with Crippen LogP contribution in [0.25, 0.3) is 0 Å². The second-order valence-electron chi connectivity index (χ2n) is 7.62. The van der Waals surface area contributed by atoms with Crippen molar-refractivity contribution in [1.29, 1.82) is 0 Å². The molecule has 1 aliphatic heterocycles. The Labute approximate surface area is 193 Å². The van der Waals surface area contributed by atoms with E-state index in [-0.39, 0.29) is 24.1 Å². The molecule has 0 bridgehead atoms. The van der Waals surface area contributed by atoms with Crippen LogP contribution >= 0.6 is 11.6 Å². The Morgan fingerprint density at radius 1 is 1.03 bits per heavy atom. The summed E-state index contributed by atoms with van der Waals surface area (Å²) < 4.78 is 34.2. The van der Waals surface area contributed by atoms with Gasteiger partial charge in [-0.2, -0.15) is 4.31 Å². The first-order chi connectivity index (χ1) is 15.3. The van der Waals surface area contributed by atoms with E-state index in [9.17, 15) is 13.2 Å². The molecule has 0 fully saturated rings. The van der Waals surface area contributed by atoms with Gasteiger partial charge in [-0.1, -0.05) is 59.6 Å². The maximum absolute atomic E-state index is 13.8. The van der Waals surface area contributed by atoms with Crippen LogP contribution in [0.15, 0.2) is 77.7 Å². The minimum atomic E-state index is -4.02. The summed E-state index contributed by atoms with van der Waals surface area (Å²) in [6, 6.07) is 20.2. The van der Waals surface area contributed by atoms with Crippen LogP contribution in [0.2, 0.25) is 5.02 Å². The van der Waals surface area contributed by atoms with Crippen LogP contribution in [0, 0.1) is 6.92 Å². The number of anilines is 1. The van der Waals surface area contributed by atoms with Gasteiger partial charge in [-0.05, 0) is 42.8 Å². The summed E-state index contributed by atoms with van der Waals surface area (Å²) in [6.07, 6.45) is 0. The van der Waals surface area contributed by atoms with Crippen molar-refractivity contribution in [2.45, 2.75) is 17.9 Å². The number of carbonyl (C=O) groups is 1. The number of halogens is 1. The van der Waals surface area contributed by atoms with E-state index in [0.29, 0.717) is 16.3 Å². The Morgan fingerprint density at radius 3 is 2.38 bits per heavy atom. The van der Waals surface area contributed by atoms with Gasteiger partial charge in [0.1, 0.15) is 6.73 Å². The van der Waals surface area contributed by atoms with Crippen molar-refractivity contribution >= 4 is 33.2 Å². The molecule has 0 radical (unpaired) electrons. The third-order valence-corrected chi connectivity index (χ3v) is 7.52. The lowest BCUT2D eigenvalue weighted by molar-refractivity contribution is -0.119. The summed E-state index contributed by atoms with van der Waals surface area (Å²) in [4.78, 5) is 14.9. The first-order valence-electron chi connectivity index (χ1n) is 10.0. The van der Waals surface area contributed by atoms with Crippen molar-refractivity contribution in [1.82, 2.24) is 4.31 Å². The average molecular weight is 471 g/mol. The van der Waals surface area contributed by atoms with Crippen LogP contribution in [0.1, 0.15) is 22.7 Å². The molecule has 1 heterocycles. The summed E-state index contributed by atoms with van der Waals surface area (Å²) in [5.41, 5.74) is 2.86. The number of hydrogen-bond acceptors (Lipinski definition) is 4.